The molecule has 2 aliphatic rings. The molecule has 1 aromatic carbocycles. The number of nitrogens with zero attached hydrogens (tertiary/aromatic N) is 1. The standard InChI is InChI=1S/C17H24N2O2/c20-12-14-8-9-19(11-14)17(21)18-16(15-6-7-15)10-13-4-2-1-3-5-13/h1-5,14-16,20H,6-12H2,(H,18,21). The van der Waals surface area contributed by atoms with E-state index in [9.17, 15) is 9.90 Å². The number of likely N-dealkylation sites (tertiary alicyclic amines) is 1. The summed E-state index contributed by atoms with van der Waals surface area (Å²) in [4.78, 5) is 14.2. The molecule has 2 atom stereocenters. The van der Waals surface area contributed by atoms with E-state index in [1.54, 1.807) is 0 Å². The minimum absolute atomic E-state index is 0.0405. The van der Waals surface area contributed by atoms with Crippen LogP contribution < -0.4 is 5.32 Å². The van der Waals surface area contributed by atoms with Crippen LogP contribution in [-0.2, 0) is 6.42 Å². The summed E-state index contributed by atoms with van der Waals surface area (Å²) in [6.45, 7) is 1.63. The van der Waals surface area contributed by atoms with Gasteiger partial charge in [0.25, 0.3) is 0 Å². The van der Waals surface area contributed by atoms with Crippen molar-refractivity contribution in [3.63, 3.8) is 0 Å². The van der Waals surface area contributed by atoms with E-state index in [1.165, 1.54) is 18.4 Å². The van der Waals surface area contributed by atoms with Crippen molar-refractivity contribution in [2.75, 3.05) is 19.7 Å². The van der Waals surface area contributed by atoms with Gasteiger partial charge in [0.15, 0.2) is 0 Å². The number of amides is 2. The predicted octanol–water partition coefficient (Wildman–Crippen LogP) is 2.03. The first kappa shape index (κ1) is 14.4. The summed E-state index contributed by atoms with van der Waals surface area (Å²) in [5.41, 5.74) is 1.28. The number of nitrogens with one attached hydrogen (secondary N) is 1. The van der Waals surface area contributed by atoms with Crippen LogP contribution in [-0.4, -0.2) is 41.8 Å². The molecule has 0 spiro atoms. The topological polar surface area (TPSA) is 52.6 Å². The third-order valence-electron chi connectivity index (χ3n) is 4.63. The summed E-state index contributed by atoms with van der Waals surface area (Å²) < 4.78 is 0. The number of carbonyl (C=O) groups is 1. The number of aliphatic hydroxyl groups excluding tert-OH is 1. The van der Waals surface area contributed by atoms with Gasteiger partial charge in [-0.1, -0.05) is 30.3 Å². The Balaban J connectivity index is 1.57. The third-order valence-corrected chi connectivity index (χ3v) is 4.63. The molecule has 4 nitrogen and oxygen atoms in total. The summed E-state index contributed by atoms with van der Waals surface area (Å²) in [6.07, 6.45) is 4.26. The second-order valence-corrected chi connectivity index (χ2v) is 6.37. The number of carbonyl (C=O) groups excluding carboxylic acids is 1. The Labute approximate surface area is 126 Å². The van der Waals surface area contributed by atoms with Crippen LogP contribution in [0.15, 0.2) is 30.3 Å². The Kier molecular flexibility index (Phi) is 4.44. The van der Waals surface area contributed by atoms with Gasteiger partial charge in [-0.3, -0.25) is 0 Å². The van der Waals surface area contributed by atoms with Gasteiger partial charge in [-0.25, -0.2) is 4.79 Å². The maximum Gasteiger partial charge on any atom is 0.317 e. The number of urea groups is 1. The van der Waals surface area contributed by atoms with Gasteiger partial charge in [-0.05, 0) is 37.2 Å². The number of aliphatic hydroxyl groups is 1. The molecule has 1 aliphatic heterocycles. The fraction of sp³-hybridized carbons (Fsp3) is 0.588. The predicted molar refractivity (Wildman–Crippen MR) is 82.0 cm³/mol. The molecule has 2 amide bonds. The molecule has 1 saturated carbocycles. The summed E-state index contributed by atoms with van der Waals surface area (Å²) in [7, 11) is 0. The van der Waals surface area contributed by atoms with Crippen LogP contribution in [0.3, 0.4) is 0 Å². The summed E-state index contributed by atoms with van der Waals surface area (Å²) in [6, 6.07) is 10.7. The van der Waals surface area contributed by atoms with E-state index in [1.807, 2.05) is 23.1 Å². The van der Waals surface area contributed by atoms with Gasteiger partial charge in [-0.2, -0.15) is 0 Å². The molecule has 2 unspecified atom stereocenters. The Morgan fingerprint density at radius 3 is 2.67 bits per heavy atom. The molecule has 2 N–H and O–H groups in total. The van der Waals surface area contributed by atoms with Gasteiger partial charge >= 0.3 is 6.03 Å². The molecule has 3 rings (SSSR count). The van der Waals surface area contributed by atoms with Gasteiger partial charge < -0.3 is 15.3 Å². The average molecular weight is 288 g/mol. The number of rotatable bonds is 5. The number of benzene rings is 1. The van der Waals surface area contributed by atoms with E-state index < -0.39 is 0 Å². The Morgan fingerprint density at radius 1 is 1.29 bits per heavy atom. The zero-order valence-electron chi connectivity index (χ0n) is 12.4. The van der Waals surface area contributed by atoms with Crippen LogP contribution in [0.5, 0.6) is 0 Å². The molecule has 21 heavy (non-hydrogen) atoms. The SMILES string of the molecule is O=C(NC(Cc1ccccc1)C1CC1)N1CCC(CO)C1. The number of hydrogen-bond acceptors (Lipinski definition) is 2. The van der Waals surface area contributed by atoms with E-state index in [0.29, 0.717) is 12.5 Å². The van der Waals surface area contributed by atoms with Crippen molar-refractivity contribution in [2.24, 2.45) is 11.8 Å². The van der Waals surface area contributed by atoms with E-state index in [0.717, 1.165) is 19.4 Å². The van der Waals surface area contributed by atoms with Crippen LogP contribution in [0.25, 0.3) is 0 Å². The molecular weight excluding hydrogens is 264 g/mol. The smallest absolute Gasteiger partial charge is 0.317 e. The van der Waals surface area contributed by atoms with Crippen LogP contribution in [0.4, 0.5) is 4.79 Å². The molecule has 1 aliphatic carbocycles. The molecule has 0 bridgehead atoms. The van der Waals surface area contributed by atoms with Gasteiger partial charge in [0, 0.05) is 31.7 Å². The lowest BCUT2D eigenvalue weighted by Crippen LogP contribution is -2.45. The third kappa shape index (κ3) is 3.76. The number of hydrogen-bond donors (Lipinski definition) is 2. The van der Waals surface area contributed by atoms with Crippen LogP contribution in [0, 0.1) is 11.8 Å². The highest BCUT2D eigenvalue weighted by atomic mass is 16.3. The monoisotopic (exact) mass is 288 g/mol. The highest BCUT2D eigenvalue weighted by Crippen LogP contribution is 2.34. The lowest BCUT2D eigenvalue weighted by atomic mass is 10.0. The Morgan fingerprint density at radius 2 is 2.05 bits per heavy atom. The quantitative estimate of drug-likeness (QED) is 0.871. The minimum Gasteiger partial charge on any atom is -0.396 e. The Bertz CT molecular complexity index is 473. The highest BCUT2D eigenvalue weighted by molar-refractivity contribution is 5.75. The minimum atomic E-state index is 0.0405. The molecule has 0 aromatic heterocycles. The van der Waals surface area contributed by atoms with Crippen molar-refractivity contribution in [3.8, 4) is 0 Å². The van der Waals surface area contributed by atoms with Gasteiger partial charge in [0.1, 0.15) is 0 Å². The fourth-order valence-electron chi connectivity index (χ4n) is 3.12. The summed E-state index contributed by atoms with van der Waals surface area (Å²) >= 11 is 0. The van der Waals surface area contributed by atoms with Crippen molar-refractivity contribution in [2.45, 2.75) is 31.7 Å². The van der Waals surface area contributed by atoms with Crippen molar-refractivity contribution >= 4 is 6.03 Å². The highest BCUT2D eigenvalue weighted by Gasteiger charge is 2.34. The van der Waals surface area contributed by atoms with Gasteiger partial charge in [-0.15, -0.1) is 0 Å². The van der Waals surface area contributed by atoms with Crippen LogP contribution in [0.1, 0.15) is 24.8 Å². The van der Waals surface area contributed by atoms with E-state index in [4.69, 9.17) is 0 Å². The van der Waals surface area contributed by atoms with Crippen LogP contribution in [0.2, 0.25) is 0 Å². The molecule has 114 valence electrons. The largest absolute Gasteiger partial charge is 0.396 e. The molecule has 0 radical (unpaired) electrons. The zero-order valence-corrected chi connectivity index (χ0v) is 12.4. The van der Waals surface area contributed by atoms with Crippen LogP contribution >= 0.6 is 0 Å². The second-order valence-electron chi connectivity index (χ2n) is 6.37. The molecular formula is C17H24N2O2. The van der Waals surface area contributed by atoms with Gasteiger partial charge in [0.05, 0.1) is 0 Å². The molecule has 4 heteroatoms. The maximum atomic E-state index is 12.4. The summed E-state index contributed by atoms with van der Waals surface area (Å²) in [5, 5.41) is 12.4. The first-order chi connectivity index (χ1) is 10.3. The lowest BCUT2D eigenvalue weighted by molar-refractivity contribution is 0.193. The van der Waals surface area contributed by atoms with Crippen molar-refractivity contribution in [1.82, 2.24) is 10.2 Å². The first-order valence-electron chi connectivity index (χ1n) is 7.96. The fourth-order valence-corrected chi connectivity index (χ4v) is 3.12. The van der Waals surface area contributed by atoms with Crippen molar-refractivity contribution in [3.05, 3.63) is 35.9 Å². The molecule has 1 aromatic rings. The second kappa shape index (κ2) is 6.48. The van der Waals surface area contributed by atoms with E-state index in [2.05, 4.69) is 17.4 Å². The molecule has 1 heterocycles. The molecule has 2 fully saturated rings. The average Bonchev–Trinajstić information content (AvgIpc) is 3.24. The zero-order chi connectivity index (χ0) is 14.7. The summed E-state index contributed by atoms with van der Waals surface area (Å²) in [5.74, 6) is 0.884. The van der Waals surface area contributed by atoms with Crippen molar-refractivity contribution < 1.29 is 9.90 Å². The van der Waals surface area contributed by atoms with Crippen molar-refractivity contribution in [1.29, 1.82) is 0 Å². The molecule has 1 saturated heterocycles. The first-order valence-corrected chi connectivity index (χ1v) is 7.96. The maximum absolute atomic E-state index is 12.4. The van der Waals surface area contributed by atoms with Gasteiger partial charge in [0.2, 0.25) is 0 Å². The lowest BCUT2D eigenvalue weighted by Gasteiger charge is -2.23. The normalized spacial score (nSPS) is 23.1. The van der Waals surface area contributed by atoms with E-state index >= 15 is 0 Å². The van der Waals surface area contributed by atoms with E-state index in [-0.39, 0.29) is 24.6 Å². The Hall–Kier alpha value is -1.55.